The van der Waals surface area contributed by atoms with Crippen LogP contribution >= 0.6 is 0 Å². The quantitative estimate of drug-likeness (QED) is 0.761. The Labute approximate surface area is 105 Å². The van der Waals surface area contributed by atoms with Gasteiger partial charge in [-0.2, -0.15) is 0 Å². The lowest BCUT2D eigenvalue weighted by molar-refractivity contribution is 0.261. The van der Waals surface area contributed by atoms with Crippen molar-refractivity contribution in [1.82, 2.24) is 5.32 Å². The SMILES string of the molecule is CCC(Cc1ccc(C)cc1)NC(C)CCO. The summed E-state index contributed by atoms with van der Waals surface area (Å²) >= 11 is 0. The predicted molar refractivity (Wildman–Crippen MR) is 73.3 cm³/mol. The van der Waals surface area contributed by atoms with Gasteiger partial charge in [0.2, 0.25) is 0 Å². The van der Waals surface area contributed by atoms with Gasteiger partial charge in [0.1, 0.15) is 0 Å². The van der Waals surface area contributed by atoms with Crippen LogP contribution in [0, 0.1) is 6.92 Å². The van der Waals surface area contributed by atoms with E-state index in [0.717, 1.165) is 19.3 Å². The van der Waals surface area contributed by atoms with Crippen LogP contribution in [0.25, 0.3) is 0 Å². The second-order valence-corrected chi connectivity index (χ2v) is 4.87. The van der Waals surface area contributed by atoms with E-state index in [0.29, 0.717) is 12.1 Å². The topological polar surface area (TPSA) is 32.3 Å². The standard InChI is InChI=1S/C15H25NO/c1-4-15(16-13(3)9-10-17)11-14-7-5-12(2)6-8-14/h5-8,13,15-17H,4,9-11H2,1-3H3. The fourth-order valence-electron chi connectivity index (χ4n) is 2.01. The predicted octanol–water partition coefficient (Wildman–Crippen LogP) is 2.68. The van der Waals surface area contributed by atoms with E-state index in [-0.39, 0.29) is 6.61 Å². The van der Waals surface area contributed by atoms with Gasteiger partial charge in [-0.1, -0.05) is 36.8 Å². The van der Waals surface area contributed by atoms with Crippen LogP contribution in [0.3, 0.4) is 0 Å². The summed E-state index contributed by atoms with van der Waals surface area (Å²) < 4.78 is 0. The Kier molecular flexibility index (Phi) is 6.23. The zero-order valence-corrected chi connectivity index (χ0v) is 11.2. The van der Waals surface area contributed by atoms with Gasteiger partial charge in [0.05, 0.1) is 0 Å². The molecule has 2 nitrogen and oxygen atoms in total. The van der Waals surface area contributed by atoms with E-state index in [1.54, 1.807) is 0 Å². The van der Waals surface area contributed by atoms with Crippen molar-refractivity contribution in [1.29, 1.82) is 0 Å². The fourth-order valence-corrected chi connectivity index (χ4v) is 2.01. The van der Waals surface area contributed by atoms with Crippen LogP contribution in [0.4, 0.5) is 0 Å². The molecule has 1 aromatic rings. The van der Waals surface area contributed by atoms with Gasteiger partial charge in [-0.25, -0.2) is 0 Å². The van der Waals surface area contributed by atoms with E-state index >= 15 is 0 Å². The van der Waals surface area contributed by atoms with Gasteiger partial charge in [-0.05, 0) is 38.7 Å². The van der Waals surface area contributed by atoms with Crippen molar-refractivity contribution in [3.8, 4) is 0 Å². The summed E-state index contributed by atoms with van der Waals surface area (Å²) in [6, 6.07) is 9.63. The second-order valence-electron chi connectivity index (χ2n) is 4.87. The van der Waals surface area contributed by atoms with Gasteiger partial charge in [-0.3, -0.25) is 0 Å². The van der Waals surface area contributed by atoms with Gasteiger partial charge in [0.25, 0.3) is 0 Å². The number of benzene rings is 1. The van der Waals surface area contributed by atoms with Crippen LogP contribution in [-0.2, 0) is 6.42 Å². The molecule has 2 heteroatoms. The number of aliphatic hydroxyl groups is 1. The monoisotopic (exact) mass is 235 g/mol. The van der Waals surface area contributed by atoms with Crippen molar-refractivity contribution in [2.75, 3.05) is 6.61 Å². The molecule has 2 unspecified atom stereocenters. The van der Waals surface area contributed by atoms with E-state index in [1.807, 2.05) is 0 Å². The minimum Gasteiger partial charge on any atom is -0.396 e. The first-order chi connectivity index (χ1) is 8.15. The molecule has 0 saturated heterocycles. The third kappa shape index (κ3) is 5.33. The maximum absolute atomic E-state index is 8.90. The lowest BCUT2D eigenvalue weighted by Crippen LogP contribution is -2.38. The van der Waals surface area contributed by atoms with E-state index in [2.05, 4.69) is 50.4 Å². The first-order valence-electron chi connectivity index (χ1n) is 6.58. The van der Waals surface area contributed by atoms with E-state index in [4.69, 9.17) is 5.11 Å². The first-order valence-corrected chi connectivity index (χ1v) is 6.58. The molecule has 0 heterocycles. The fraction of sp³-hybridized carbons (Fsp3) is 0.600. The molecule has 0 aliphatic carbocycles. The van der Waals surface area contributed by atoms with Gasteiger partial charge in [0, 0.05) is 18.7 Å². The molecule has 96 valence electrons. The third-order valence-corrected chi connectivity index (χ3v) is 3.18. The maximum atomic E-state index is 8.90. The van der Waals surface area contributed by atoms with Crippen LogP contribution in [0.1, 0.15) is 37.8 Å². The summed E-state index contributed by atoms with van der Waals surface area (Å²) in [6.07, 6.45) is 3.00. The minimum atomic E-state index is 0.259. The van der Waals surface area contributed by atoms with E-state index in [1.165, 1.54) is 11.1 Å². The molecule has 0 radical (unpaired) electrons. The smallest absolute Gasteiger partial charge is 0.0445 e. The van der Waals surface area contributed by atoms with Crippen molar-refractivity contribution in [3.05, 3.63) is 35.4 Å². The molecule has 0 aliphatic rings. The van der Waals surface area contributed by atoms with Crippen LogP contribution in [0.2, 0.25) is 0 Å². The Bertz CT molecular complexity index is 307. The molecule has 0 spiro atoms. The number of aryl methyl sites for hydroxylation is 1. The summed E-state index contributed by atoms with van der Waals surface area (Å²) in [6.45, 7) is 6.71. The number of hydrogen-bond acceptors (Lipinski definition) is 2. The Hall–Kier alpha value is -0.860. The zero-order valence-electron chi connectivity index (χ0n) is 11.2. The molecular formula is C15H25NO. The average molecular weight is 235 g/mol. The van der Waals surface area contributed by atoms with Crippen molar-refractivity contribution in [3.63, 3.8) is 0 Å². The van der Waals surface area contributed by atoms with Gasteiger partial charge < -0.3 is 10.4 Å². The largest absolute Gasteiger partial charge is 0.396 e. The first kappa shape index (κ1) is 14.2. The number of hydrogen-bond donors (Lipinski definition) is 2. The molecule has 0 amide bonds. The van der Waals surface area contributed by atoms with Crippen LogP contribution < -0.4 is 5.32 Å². The number of rotatable bonds is 7. The lowest BCUT2D eigenvalue weighted by atomic mass is 10.0. The molecule has 0 fully saturated rings. The Morgan fingerprint density at radius 1 is 1.24 bits per heavy atom. The second kappa shape index (κ2) is 7.46. The third-order valence-electron chi connectivity index (χ3n) is 3.18. The van der Waals surface area contributed by atoms with Crippen molar-refractivity contribution < 1.29 is 5.11 Å². The van der Waals surface area contributed by atoms with Crippen LogP contribution in [0.15, 0.2) is 24.3 Å². The number of nitrogens with one attached hydrogen (secondary N) is 1. The van der Waals surface area contributed by atoms with Gasteiger partial charge >= 0.3 is 0 Å². The van der Waals surface area contributed by atoms with Crippen LogP contribution in [-0.4, -0.2) is 23.8 Å². The van der Waals surface area contributed by atoms with Gasteiger partial charge in [0.15, 0.2) is 0 Å². The lowest BCUT2D eigenvalue weighted by Gasteiger charge is -2.22. The Morgan fingerprint density at radius 2 is 1.88 bits per heavy atom. The highest BCUT2D eigenvalue weighted by atomic mass is 16.3. The molecule has 0 aromatic heterocycles. The summed E-state index contributed by atoms with van der Waals surface area (Å²) in [7, 11) is 0. The molecule has 2 N–H and O–H groups in total. The normalized spacial score (nSPS) is 14.6. The number of aliphatic hydroxyl groups excluding tert-OH is 1. The maximum Gasteiger partial charge on any atom is 0.0445 e. The van der Waals surface area contributed by atoms with Crippen molar-refractivity contribution >= 4 is 0 Å². The Morgan fingerprint density at radius 3 is 2.41 bits per heavy atom. The average Bonchev–Trinajstić information content (AvgIpc) is 2.31. The molecule has 0 bridgehead atoms. The summed E-state index contributed by atoms with van der Waals surface area (Å²) in [5.41, 5.74) is 2.69. The molecule has 0 saturated carbocycles. The van der Waals surface area contributed by atoms with Crippen molar-refractivity contribution in [2.45, 2.75) is 52.1 Å². The molecule has 17 heavy (non-hydrogen) atoms. The molecule has 2 atom stereocenters. The molecule has 0 aliphatic heterocycles. The zero-order chi connectivity index (χ0) is 12.7. The highest BCUT2D eigenvalue weighted by molar-refractivity contribution is 5.22. The minimum absolute atomic E-state index is 0.259. The highest BCUT2D eigenvalue weighted by Crippen LogP contribution is 2.09. The molecular weight excluding hydrogens is 210 g/mol. The molecule has 1 aromatic carbocycles. The van der Waals surface area contributed by atoms with Crippen molar-refractivity contribution in [2.24, 2.45) is 0 Å². The summed E-state index contributed by atoms with van der Waals surface area (Å²) in [4.78, 5) is 0. The van der Waals surface area contributed by atoms with Gasteiger partial charge in [-0.15, -0.1) is 0 Å². The Balaban J connectivity index is 2.48. The van der Waals surface area contributed by atoms with E-state index in [9.17, 15) is 0 Å². The van der Waals surface area contributed by atoms with Crippen LogP contribution in [0.5, 0.6) is 0 Å². The summed E-state index contributed by atoms with van der Waals surface area (Å²) in [5, 5.41) is 12.5. The summed E-state index contributed by atoms with van der Waals surface area (Å²) in [5.74, 6) is 0. The van der Waals surface area contributed by atoms with E-state index < -0.39 is 0 Å². The molecule has 1 rings (SSSR count). The highest BCUT2D eigenvalue weighted by Gasteiger charge is 2.10.